The molecule has 0 aromatic heterocycles. The summed E-state index contributed by atoms with van der Waals surface area (Å²) in [6.45, 7) is 1.84. The van der Waals surface area contributed by atoms with Crippen LogP contribution in [-0.2, 0) is 26.0 Å². The van der Waals surface area contributed by atoms with Crippen molar-refractivity contribution in [1.29, 1.82) is 0 Å². The SMILES string of the molecule is CCc1ccccc1C(=O)NC(=O)[C@H](CC(=O)O)NS(=O)(=O)c1ccccc1. The summed E-state index contributed by atoms with van der Waals surface area (Å²) in [4.78, 5) is 35.8. The summed E-state index contributed by atoms with van der Waals surface area (Å²) in [5.74, 6) is -3.16. The Kier molecular flexibility index (Phi) is 7.02. The minimum absolute atomic E-state index is 0.124. The molecular weight excluding hydrogens is 384 g/mol. The number of rotatable bonds is 8. The third kappa shape index (κ3) is 5.48. The Hall–Kier alpha value is -3.04. The summed E-state index contributed by atoms with van der Waals surface area (Å²) in [5, 5.41) is 11.1. The maximum absolute atomic E-state index is 12.4. The molecule has 0 aliphatic heterocycles. The van der Waals surface area contributed by atoms with Gasteiger partial charge in [0.25, 0.3) is 5.91 Å². The monoisotopic (exact) mass is 404 g/mol. The van der Waals surface area contributed by atoms with Crippen molar-refractivity contribution in [2.75, 3.05) is 0 Å². The standard InChI is InChI=1S/C19H20N2O6S/c1-2-13-8-6-7-11-15(13)18(24)20-19(25)16(12-17(22)23)21-28(26,27)14-9-4-3-5-10-14/h3-11,16,21H,2,12H2,1H3,(H,22,23)(H,20,24,25)/t16-/m0/s1. The van der Waals surface area contributed by atoms with Crippen LogP contribution >= 0.6 is 0 Å². The minimum Gasteiger partial charge on any atom is -0.481 e. The molecule has 9 heteroatoms. The topological polar surface area (TPSA) is 130 Å². The summed E-state index contributed by atoms with van der Waals surface area (Å²) in [7, 11) is -4.15. The van der Waals surface area contributed by atoms with Crippen molar-refractivity contribution in [3.63, 3.8) is 0 Å². The van der Waals surface area contributed by atoms with Gasteiger partial charge in [0.2, 0.25) is 15.9 Å². The van der Waals surface area contributed by atoms with E-state index < -0.39 is 40.3 Å². The van der Waals surface area contributed by atoms with Crippen LogP contribution in [0.25, 0.3) is 0 Å². The lowest BCUT2D eigenvalue weighted by Gasteiger charge is -2.17. The molecule has 2 rings (SSSR count). The molecule has 0 aliphatic rings. The fraction of sp³-hybridized carbons (Fsp3) is 0.211. The number of benzene rings is 2. The second-order valence-corrected chi connectivity index (χ2v) is 7.63. The predicted molar refractivity (Wildman–Crippen MR) is 101 cm³/mol. The lowest BCUT2D eigenvalue weighted by Crippen LogP contribution is -2.49. The molecule has 8 nitrogen and oxygen atoms in total. The number of amides is 2. The number of hydrogen-bond acceptors (Lipinski definition) is 5. The van der Waals surface area contributed by atoms with Gasteiger partial charge in [-0.2, -0.15) is 4.72 Å². The molecule has 2 aromatic carbocycles. The van der Waals surface area contributed by atoms with Crippen molar-refractivity contribution in [1.82, 2.24) is 10.0 Å². The van der Waals surface area contributed by atoms with E-state index in [0.717, 1.165) is 0 Å². The summed E-state index contributed by atoms with van der Waals surface area (Å²) in [6, 6.07) is 12.2. The molecule has 1 atom stereocenters. The average Bonchev–Trinajstić information content (AvgIpc) is 2.67. The third-order valence-electron chi connectivity index (χ3n) is 3.93. The zero-order valence-corrected chi connectivity index (χ0v) is 15.9. The van der Waals surface area contributed by atoms with E-state index in [1.54, 1.807) is 24.3 Å². The fourth-order valence-electron chi connectivity index (χ4n) is 2.53. The van der Waals surface area contributed by atoms with Crippen LogP contribution in [0.1, 0.15) is 29.3 Å². The maximum atomic E-state index is 12.4. The van der Waals surface area contributed by atoms with Crippen LogP contribution in [0.4, 0.5) is 0 Å². The highest BCUT2D eigenvalue weighted by molar-refractivity contribution is 7.89. The van der Waals surface area contributed by atoms with Gasteiger partial charge in [0.1, 0.15) is 6.04 Å². The van der Waals surface area contributed by atoms with Crippen LogP contribution in [0.15, 0.2) is 59.5 Å². The van der Waals surface area contributed by atoms with Crippen molar-refractivity contribution in [3.8, 4) is 0 Å². The molecule has 2 amide bonds. The van der Waals surface area contributed by atoms with Crippen molar-refractivity contribution >= 4 is 27.8 Å². The smallest absolute Gasteiger partial charge is 0.305 e. The van der Waals surface area contributed by atoms with Gasteiger partial charge < -0.3 is 5.11 Å². The zero-order valence-electron chi connectivity index (χ0n) is 15.1. The van der Waals surface area contributed by atoms with Crippen molar-refractivity contribution in [2.45, 2.75) is 30.7 Å². The molecule has 2 aromatic rings. The van der Waals surface area contributed by atoms with Gasteiger partial charge in [-0.25, -0.2) is 8.42 Å². The number of carboxylic acids is 1. The first-order valence-electron chi connectivity index (χ1n) is 8.47. The van der Waals surface area contributed by atoms with E-state index >= 15 is 0 Å². The highest BCUT2D eigenvalue weighted by Crippen LogP contribution is 2.11. The van der Waals surface area contributed by atoms with Gasteiger partial charge in [-0.1, -0.05) is 43.3 Å². The van der Waals surface area contributed by atoms with Crippen LogP contribution in [-0.4, -0.2) is 37.3 Å². The van der Waals surface area contributed by atoms with Crippen LogP contribution in [0, 0.1) is 0 Å². The first-order valence-corrected chi connectivity index (χ1v) is 9.95. The van der Waals surface area contributed by atoms with Crippen molar-refractivity contribution < 1.29 is 27.9 Å². The maximum Gasteiger partial charge on any atom is 0.305 e. The molecule has 0 radical (unpaired) electrons. The van der Waals surface area contributed by atoms with Gasteiger partial charge in [-0.3, -0.25) is 19.7 Å². The highest BCUT2D eigenvalue weighted by atomic mass is 32.2. The van der Waals surface area contributed by atoms with Crippen molar-refractivity contribution in [3.05, 3.63) is 65.7 Å². The quantitative estimate of drug-likeness (QED) is 0.609. The van der Waals surface area contributed by atoms with Gasteiger partial charge in [-0.15, -0.1) is 0 Å². The summed E-state index contributed by atoms with van der Waals surface area (Å²) in [6.07, 6.45) is -0.266. The Labute approximate surface area is 162 Å². The first-order chi connectivity index (χ1) is 13.2. The normalized spacial score (nSPS) is 12.2. The number of carbonyl (C=O) groups excluding carboxylic acids is 2. The molecule has 0 saturated carbocycles. The number of hydrogen-bond donors (Lipinski definition) is 3. The number of carbonyl (C=O) groups is 3. The van der Waals surface area contributed by atoms with E-state index in [2.05, 4.69) is 10.0 Å². The second-order valence-electron chi connectivity index (χ2n) is 5.91. The Bertz CT molecular complexity index is 973. The Morgan fingerprint density at radius 1 is 1.00 bits per heavy atom. The van der Waals surface area contributed by atoms with Crippen molar-refractivity contribution in [2.24, 2.45) is 0 Å². The van der Waals surface area contributed by atoms with E-state index in [1.165, 1.54) is 30.3 Å². The molecule has 148 valence electrons. The van der Waals surface area contributed by atoms with Crippen LogP contribution in [0.3, 0.4) is 0 Å². The molecule has 0 aliphatic carbocycles. The highest BCUT2D eigenvalue weighted by Gasteiger charge is 2.29. The van der Waals surface area contributed by atoms with E-state index in [0.29, 0.717) is 12.0 Å². The van der Waals surface area contributed by atoms with E-state index in [9.17, 15) is 22.8 Å². The van der Waals surface area contributed by atoms with E-state index in [1.807, 2.05) is 6.92 Å². The summed E-state index contributed by atoms with van der Waals surface area (Å²) < 4.78 is 26.9. The number of aliphatic carboxylic acids is 1. The van der Waals surface area contributed by atoms with Gasteiger partial charge in [0, 0.05) is 5.56 Å². The summed E-state index contributed by atoms with van der Waals surface area (Å²) in [5.41, 5.74) is 0.964. The van der Waals surface area contributed by atoms with Crippen LogP contribution in [0.5, 0.6) is 0 Å². The molecule has 3 N–H and O–H groups in total. The van der Waals surface area contributed by atoms with E-state index in [-0.39, 0.29) is 10.5 Å². The minimum atomic E-state index is -4.15. The molecule has 0 saturated heterocycles. The molecule has 0 bridgehead atoms. The van der Waals surface area contributed by atoms with Crippen LogP contribution < -0.4 is 10.0 Å². The zero-order chi connectivity index (χ0) is 20.7. The Morgan fingerprint density at radius 3 is 2.21 bits per heavy atom. The second kappa shape index (κ2) is 9.25. The first kappa shape index (κ1) is 21.3. The predicted octanol–water partition coefficient (Wildman–Crippen LogP) is 1.33. The summed E-state index contributed by atoms with van der Waals surface area (Å²) >= 11 is 0. The Balaban J connectivity index is 2.21. The number of imide groups is 1. The largest absolute Gasteiger partial charge is 0.481 e. The lowest BCUT2D eigenvalue weighted by atomic mass is 10.0. The Morgan fingerprint density at radius 2 is 1.61 bits per heavy atom. The lowest BCUT2D eigenvalue weighted by molar-refractivity contribution is -0.139. The van der Waals surface area contributed by atoms with Gasteiger partial charge in [0.15, 0.2) is 0 Å². The van der Waals surface area contributed by atoms with Gasteiger partial charge in [-0.05, 0) is 30.2 Å². The van der Waals surface area contributed by atoms with Gasteiger partial charge >= 0.3 is 5.97 Å². The number of carboxylic acid groups (broad SMARTS) is 1. The molecular formula is C19H20N2O6S. The third-order valence-corrected chi connectivity index (χ3v) is 5.41. The molecule has 0 heterocycles. The van der Waals surface area contributed by atoms with Gasteiger partial charge in [0.05, 0.1) is 11.3 Å². The molecule has 0 spiro atoms. The van der Waals surface area contributed by atoms with E-state index in [4.69, 9.17) is 5.11 Å². The van der Waals surface area contributed by atoms with Crippen LogP contribution in [0.2, 0.25) is 0 Å². The number of sulfonamides is 1. The molecule has 0 unspecified atom stereocenters. The molecule has 28 heavy (non-hydrogen) atoms. The number of aryl methyl sites for hydroxylation is 1. The number of nitrogens with one attached hydrogen (secondary N) is 2. The molecule has 0 fully saturated rings. The average molecular weight is 404 g/mol. The fourth-order valence-corrected chi connectivity index (χ4v) is 3.75.